The van der Waals surface area contributed by atoms with Gasteiger partial charge in [-0.3, -0.25) is 4.79 Å². The van der Waals surface area contributed by atoms with Crippen LogP contribution in [0.2, 0.25) is 5.02 Å². The van der Waals surface area contributed by atoms with Crippen LogP contribution in [0.3, 0.4) is 0 Å². The summed E-state index contributed by atoms with van der Waals surface area (Å²) < 4.78 is 2.01. The van der Waals surface area contributed by atoms with Crippen LogP contribution in [-0.2, 0) is 13.0 Å². The molecule has 3 rings (SSSR count). The number of thiazole rings is 1. The zero-order chi connectivity index (χ0) is 18.0. The first-order valence-corrected chi connectivity index (χ1v) is 8.81. The molecule has 2 N–H and O–H groups in total. The van der Waals surface area contributed by atoms with Gasteiger partial charge in [-0.15, -0.1) is 11.3 Å². The first-order valence-electron chi connectivity index (χ1n) is 7.55. The minimum Gasteiger partial charge on any atom is -0.366 e. The molecule has 0 atom stereocenters. The van der Waals surface area contributed by atoms with Crippen molar-refractivity contribution in [2.45, 2.75) is 19.9 Å². The molecule has 25 heavy (non-hydrogen) atoms. The highest BCUT2D eigenvalue weighted by Gasteiger charge is 2.18. The molecule has 0 bridgehead atoms. The van der Waals surface area contributed by atoms with Gasteiger partial charge in [-0.25, -0.2) is 4.98 Å². The van der Waals surface area contributed by atoms with Crippen LogP contribution in [0, 0.1) is 18.3 Å². The van der Waals surface area contributed by atoms with E-state index in [9.17, 15) is 4.79 Å². The van der Waals surface area contributed by atoms with Crippen molar-refractivity contribution >= 4 is 28.8 Å². The molecule has 0 fully saturated rings. The average Bonchev–Trinajstić information content (AvgIpc) is 3.15. The van der Waals surface area contributed by atoms with Gasteiger partial charge in [-0.05, 0) is 30.7 Å². The standard InChI is InChI=1S/C18H15ClN4OS/c1-11-14(18(21)24)8-16(15-10-25-17(22-15)6-7-20)23(11)9-12-2-4-13(19)5-3-12/h2-5,8,10H,6,9H2,1H3,(H2,21,24). The highest BCUT2D eigenvalue weighted by atomic mass is 35.5. The number of halogens is 1. The van der Waals surface area contributed by atoms with Crippen LogP contribution in [0.4, 0.5) is 0 Å². The number of hydrogen-bond donors (Lipinski definition) is 1. The molecule has 0 aliphatic rings. The predicted octanol–water partition coefficient (Wildman–Crippen LogP) is 3.79. The fourth-order valence-electron chi connectivity index (χ4n) is 2.66. The second-order valence-corrected chi connectivity index (χ2v) is 6.95. The summed E-state index contributed by atoms with van der Waals surface area (Å²) in [6.07, 6.45) is 0.268. The fourth-order valence-corrected chi connectivity index (χ4v) is 3.51. The Morgan fingerprint density at radius 2 is 2.12 bits per heavy atom. The fraction of sp³-hybridized carbons (Fsp3) is 0.167. The number of rotatable bonds is 5. The second-order valence-electron chi connectivity index (χ2n) is 5.57. The number of nitrogens with zero attached hydrogens (tertiary/aromatic N) is 3. The number of carbonyl (C=O) groups excluding carboxylic acids is 1. The lowest BCUT2D eigenvalue weighted by Crippen LogP contribution is -2.12. The highest BCUT2D eigenvalue weighted by Crippen LogP contribution is 2.28. The zero-order valence-electron chi connectivity index (χ0n) is 13.5. The lowest BCUT2D eigenvalue weighted by Gasteiger charge is -2.11. The normalized spacial score (nSPS) is 10.6. The Hall–Kier alpha value is -2.62. The number of hydrogen-bond acceptors (Lipinski definition) is 4. The van der Waals surface area contributed by atoms with Crippen LogP contribution < -0.4 is 5.73 Å². The highest BCUT2D eigenvalue weighted by molar-refractivity contribution is 7.10. The van der Waals surface area contributed by atoms with Crippen LogP contribution >= 0.6 is 22.9 Å². The summed E-state index contributed by atoms with van der Waals surface area (Å²) in [5.41, 5.74) is 9.36. The second kappa shape index (κ2) is 7.09. The molecule has 0 aliphatic heterocycles. The molecule has 126 valence electrons. The molecule has 0 unspecified atom stereocenters. The molecule has 0 saturated carbocycles. The van der Waals surface area contributed by atoms with Gasteiger partial charge < -0.3 is 10.3 Å². The summed E-state index contributed by atoms with van der Waals surface area (Å²) in [4.78, 5) is 16.3. The largest absolute Gasteiger partial charge is 0.366 e. The SMILES string of the molecule is Cc1c(C(N)=O)cc(-c2csc(CC#N)n2)n1Cc1ccc(Cl)cc1. The van der Waals surface area contributed by atoms with E-state index in [0.29, 0.717) is 17.1 Å². The Kier molecular flexibility index (Phi) is 4.88. The quantitative estimate of drug-likeness (QED) is 0.741. The van der Waals surface area contributed by atoms with Crippen molar-refractivity contribution in [1.29, 1.82) is 5.26 Å². The van der Waals surface area contributed by atoms with Crippen molar-refractivity contribution in [3.63, 3.8) is 0 Å². The molecule has 0 saturated heterocycles. The molecule has 0 radical (unpaired) electrons. The lowest BCUT2D eigenvalue weighted by atomic mass is 10.2. The Morgan fingerprint density at radius 3 is 2.76 bits per heavy atom. The smallest absolute Gasteiger partial charge is 0.250 e. The summed E-state index contributed by atoms with van der Waals surface area (Å²) in [7, 11) is 0. The maximum Gasteiger partial charge on any atom is 0.250 e. The van der Waals surface area contributed by atoms with Gasteiger partial charge >= 0.3 is 0 Å². The van der Waals surface area contributed by atoms with Crippen molar-refractivity contribution in [2.75, 3.05) is 0 Å². The Bertz CT molecular complexity index is 966. The molecule has 1 aromatic carbocycles. The molecule has 2 aromatic heterocycles. The number of nitrogens with two attached hydrogens (primary N) is 1. The number of primary amides is 1. The lowest BCUT2D eigenvalue weighted by molar-refractivity contribution is 0.0999. The van der Waals surface area contributed by atoms with Gasteiger partial charge in [0.2, 0.25) is 0 Å². The average molecular weight is 371 g/mol. The van der Waals surface area contributed by atoms with E-state index in [1.807, 2.05) is 41.1 Å². The van der Waals surface area contributed by atoms with E-state index in [-0.39, 0.29) is 6.42 Å². The van der Waals surface area contributed by atoms with Crippen LogP contribution in [-0.4, -0.2) is 15.5 Å². The molecule has 3 aromatic rings. The predicted molar refractivity (Wildman–Crippen MR) is 98.7 cm³/mol. The summed E-state index contributed by atoms with van der Waals surface area (Å²) in [6, 6.07) is 11.4. The number of nitriles is 1. The zero-order valence-corrected chi connectivity index (χ0v) is 15.1. The van der Waals surface area contributed by atoms with E-state index < -0.39 is 5.91 Å². The van der Waals surface area contributed by atoms with E-state index in [1.54, 1.807) is 6.07 Å². The van der Waals surface area contributed by atoms with E-state index in [4.69, 9.17) is 22.6 Å². The van der Waals surface area contributed by atoms with Gasteiger partial charge in [0.1, 0.15) is 5.01 Å². The van der Waals surface area contributed by atoms with E-state index in [1.165, 1.54) is 11.3 Å². The number of carbonyl (C=O) groups is 1. The topological polar surface area (TPSA) is 84.7 Å². The third kappa shape index (κ3) is 3.58. The molecule has 1 amide bonds. The molecule has 0 spiro atoms. The summed E-state index contributed by atoms with van der Waals surface area (Å²) >= 11 is 7.38. The van der Waals surface area contributed by atoms with Gasteiger partial charge in [-0.1, -0.05) is 23.7 Å². The molecular formula is C18H15ClN4OS. The van der Waals surface area contributed by atoms with Crippen LogP contribution in [0.5, 0.6) is 0 Å². The summed E-state index contributed by atoms with van der Waals surface area (Å²) in [5.74, 6) is -0.471. The number of benzene rings is 1. The molecule has 5 nitrogen and oxygen atoms in total. The van der Waals surface area contributed by atoms with Crippen molar-refractivity contribution in [1.82, 2.24) is 9.55 Å². The molecule has 2 heterocycles. The Morgan fingerprint density at radius 1 is 1.40 bits per heavy atom. The van der Waals surface area contributed by atoms with Crippen LogP contribution in [0.25, 0.3) is 11.4 Å². The van der Waals surface area contributed by atoms with Crippen molar-refractivity contribution in [3.05, 3.63) is 62.6 Å². The van der Waals surface area contributed by atoms with Crippen LogP contribution in [0.1, 0.15) is 26.6 Å². The van der Waals surface area contributed by atoms with E-state index >= 15 is 0 Å². The third-order valence-electron chi connectivity index (χ3n) is 3.93. The van der Waals surface area contributed by atoms with Crippen molar-refractivity contribution < 1.29 is 4.79 Å². The minimum atomic E-state index is -0.471. The van der Waals surface area contributed by atoms with Gasteiger partial charge in [-0.2, -0.15) is 5.26 Å². The van der Waals surface area contributed by atoms with Gasteiger partial charge in [0.05, 0.1) is 29.4 Å². The maximum atomic E-state index is 11.8. The first-order chi connectivity index (χ1) is 12.0. The van der Waals surface area contributed by atoms with Crippen molar-refractivity contribution in [3.8, 4) is 17.5 Å². The first kappa shape index (κ1) is 17.2. The third-order valence-corrected chi connectivity index (χ3v) is 5.03. The van der Waals surface area contributed by atoms with Gasteiger partial charge in [0.25, 0.3) is 5.91 Å². The number of amides is 1. The van der Waals surface area contributed by atoms with Gasteiger partial charge in [0, 0.05) is 22.6 Å². The molecule has 0 aliphatic carbocycles. The van der Waals surface area contributed by atoms with E-state index in [2.05, 4.69) is 11.1 Å². The van der Waals surface area contributed by atoms with E-state index in [0.717, 1.165) is 27.7 Å². The summed E-state index contributed by atoms with van der Waals surface area (Å²) in [6.45, 7) is 2.43. The van der Waals surface area contributed by atoms with Gasteiger partial charge in [0.15, 0.2) is 0 Å². The Labute approximate surface area is 154 Å². The van der Waals surface area contributed by atoms with Crippen LogP contribution in [0.15, 0.2) is 35.7 Å². The summed E-state index contributed by atoms with van der Waals surface area (Å²) in [5, 5.41) is 12.1. The maximum absolute atomic E-state index is 11.8. The molecular weight excluding hydrogens is 356 g/mol. The number of aromatic nitrogens is 2. The minimum absolute atomic E-state index is 0.268. The molecule has 7 heteroatoms. The Balaban J connectivity index is 2.06. The van der Waals surface area contributed by atoms with Crippen molar-refractivity contribution in [2.24, 2.45) is 5.73 Å². The monoisotopic (exact) mass is 370 g/mol.